The van der Waals surface area contributed by atoms with Gasteiger partial charge in [0.25, 0.3) is 10.1 Å². The van der Waals surface area contributed by atoms with Gasteiger partial charge in [0, 0.05) is 10.9 Å². The first-order chi connectivity index (χ1) is 9.41. The molecule has 0 aromatic heterocycles. The summed E-state index contributed by atoms with van der Waals surface area (Å²) in [5.41, 5.74) is 0.154. The Morgan fingerprint density at radius 2 is 1.50 bits per heavy atom. The van der Waals surface area contributed by atoms with Gasteiger partial charge in [-0.25, -0.2) is 0 Å². The van der Waals surface area contributed by atoms with Crippen LogP contribution >= 0.6 is 0 Å². The molecular weight excluding hydrogens is 276 g/mol. The molecular formula is C15H22O4S. The van der Waals surface area contributed by atoms with Crippen LogP contribution in [0.2, 0.25) is 0 Å². The number of fused-ring (bicyclic) bond motifs is 1. The molecule has 0 saturated heterocycles. The SMILES string of the molecule is CC.CC.Cc1c(S(=O)(=O)O)cc2ccccc2c1O. The molecule has 0 heterocycles. The van der Waals surface area contributed by atoms with Gasteiger partial charge in [0.1, 0.15) is 10.6 Å². The fourth-order valence-electron chi connectivity index (χ4n) is 1.67. The lowest BCUT2D eigenvalue weighted by Crippen LogP contribution is -2.01. The van der Waals surface area contributed by atoms with Crippen LogP contribution in [0.1, 0.15) is 33.3 Å². The highest BCUT2D eigenvalue weighted by molar-refractivity contribution is 7.85. The predicted octanol–water partition coefficient (Wildman–Crippen LogP) is 4.15. The Bertz CT molecular complexity index is 661. The summed E-state index contributed by atoms with van der Waals surface area (Å²) in [6, 6.07) is 8.17. The standard InChI is InChI=1S/C11H10O4S.2C2H6/c1-7-10(16(13,14)15)6-8-4-2-3-5-9(8)11(7)12;2*1-2/h2-6,12H,1H3,(H,13,14,15);2*1-2H3. The maximum atomic E-state index is 11.1. The van der Waals surface area contributed by atoms with Crippen LogP contribution in [0.5, 0.6) is 5.75 Å². The molecule has 2 rings (SSSR count). The fraction of sp³-hybridized carbons (Fsp3) is 0.333. The van der Waals surface area contributed by atoms with Crippen LogP contribution in [-0.4, -0.2) is 18.1 Å². The monoisotopic (exact) mass is 298 g/mol. The smallest absolute Gasteiger partial charge is 0.294 e. The van der Waals surface area contributed by atoms with Crippen molar-refractivity contribution in [1.29, 1.82) is 0 Å². The first kappa shape index (κ1) is 18.4. The van der Waals surface area contributed by atoms with Crippen LogP contribution < -0.4 is 0 Å². The largest absolute Gasteiger partial charge is 0.507 e. The zero-order valence-electron chi connectivity index (χ0n) is 12.5. The van der Waals surface area contributed by atoms with E-state index in [0.29, 0.717) is 10.8 Å². The molecule has 0 bridgehead atoms. The molecule has 0 saturated carbocycles. The van der Waals surface area contributed by atoms with E-state index < -0.39 is 10.1 Å². The number of phenols is 1. The highest BCUT2D eigenvalue weighted by Crippen LogP contribution is 2.33. The molecule has 112 valence electrons. The maximum Gasteiger partial charge on any atom is 0.294 e. The lowest BCUT2D eigenvalue weighted by atomic mass is 10.1. The van der Waals surface area contributed by atoms with Gasteiger partial charge >= 0.3 is 0 Å². The molecule has 5 heteroatoms. The van der Waals surface area contributed by atoms with Crippen molar-refractivity contribution in [3.8, 4) is 5.75 Å². The molecule has 0 atom stereocenters. The number of benzene rings is 2. The van der Waals surface area contributed by atoms with Gasteiger partial charge in [-0.05, 0) is 18.4 Å². The van der Waals surface area contributed by atoms with E-state index in [1.807, 2.05) is 27.7 Å². The summed E-state index contributed by atoms with van der Waals surface area (Å²) in [6.07, 6.45) is 0. The summed E-state index contributed by atoms with van der Waals surface area (Å²) < 4.78 is 31.2. The molecule has 0 amide bonds. The second kappa shape index (κ2) is 7.87. The quantitative estimate of drug-likeness (QED) is 0.775. The first-order valence-electron chi connectivity index (χ1n) is 6.60. The van der Waals surface area contributed by atoms with E-state index in [0.717, 1.165) is 0 Å². The Balaban J connectivity index is 0.000000829. The van der Waals surface area contributed by atoms with E-state index in [-0.39, 0.29) is 16.2 Å². The second-order valence-corrected chi connectivity index (χ2v) is 4.93. The van der Waals surface area contributed by atoms with Gasteiger partial charge in [-0.3, -0.25) is 4.55 Å². The molecule has 0 aliphatic rings. The van der Waals surface area contributed by atoms with Gasteiger partial charge in [-0.2, -0.15) is 8.42 Å². The average Bonchev–Trinajstić information content (AvgIpc) is 2.46. The average molecular weight is 298 g/mol. The van der Waals surface area contributed by atoms with E-state index in [1.54, 1.807) is 24.3 Å². The Morgan fingerprint density at radius 1 is 1.00 bits per heavy atom. The molecule has 2 N–H and O–H groups in total. The first-order valence-corrected chi connectivity index (χ1v) is 8.04. The molecule has 0 unspecified atom stereocenters. The van der Waals surface area contributed by atoms with Crippen LogP contribution in [0, 0.1) is 6.92 Å². The number of phenolic OH excluding ortho intramolecular Hbond substituents is 1. The van der Waals surface area contributed by atoms with Crippen molar-refractivity contribution in [2.45, 2.75) is 39.5 Å². The third-order valence-corrected chi connectivity index (χ3v) is 3.49. The van der Waals surface area contributed by atoms with Crippen LogP contribution in [0.15, 0.2) is 35.2 Å². The maximum absolute atomic E-state index is 11.1. The molecule has 2 aromatic carbocycles. The Labute approximate surface area is 120 Å². The summed E-state index contributed by atoms with van der Waals surface area (Å²) in [5.74, 6) is -0.120. The molecule has 20 heavy (non-hydrogen) atoms. The minimum absolute atomic E-state index is 0.120. The van der Waals surface area contributed by atoms with E-state index in [4.69, 9.17) is 4.55 Å². The van der Waals surface area contributed by atoms with Crippen molar-refractivity contribution in [2.75, 3.05) is 0 Å². The van der Waals surface area contributed by atoms with E-state index in [1.165, 1.54) is 13.0 Å². The van der Waals surface area contributed by atoms with Gasteiger partial charge in [0.2, 0.25) is 0 Å². The molecule has 0 spiro atoms. The number of aromatic hydroxyl groups is 1. The van der Waals surface area contributed by atoms with E-state index in [9.17, 15) is 13.5 Å². The van der Waals surface area contributed by atoms with Crippen LogP contribution in [-0.2, 0) is 10.1 Å². The predicted molar refractivity (Wildman–Crippen MR) is 82.9 cm³/mol. The summed E-state index contributed by atoms with van der Waals surface area (Å²) in [5, 5.41) is 11.0. The number of hydrogen-bond donors (Lipinski definition) is 2. The summed E-state index contributed by atoms with van der Waals surface area (Å²) in [6.45, 7) is 9.45. The van der Waals surface area contributed by atoms with E-state index in [2.05, 4.69) is 0 Å². The Kier molecular flexibility index (Phi) is 7.24. The number of hydrogen-bond acceptors (Lipinski definition) is 3. The van der Waals surface area contributed by atoms with Gasteiger partial charge in [0.15, 0.2) is 0 Å². The Hall–Kier alpha value is -1.59. The zero-order chi connectivity index (χ0) is 15.9. The van der Waals surface area contributed by atoms with Gasteiger partial charge in [0.05, 0.1) is 0 Å². The molecule has 2 aromatic rings. The number of rotatable bonds is 1. The molecule has 0 aliphatic heterocycles. The Morgan fingerprint density at radius 3 is 2.00 bits per heavy atom. The van der Waals surface area contributed by atoms with E-state index >= 15 is 0 Å². The molecule has 0 radical (unpaired) electrons. The minimum Gasteiger partial charge on any atom is -0.507 e. The van der Waals surface area contributed by atoms with Gasteiger partial charge < -0.3 is 5.11 Å². The third kappa shape index (κ3) is 3.95. The zero-order valence-corrected chi connectivity index (χ0v) is 13.3. The van der Waals surface area contributed by atoms with Crippen molar-refractivity contribution in [3.05, 3.63) is 35.9 Å². The molecule has 0 aliphatic carbocycles. The summed E-state index contributed by atoms with van der Waals surface area (Å²) in [7, 11) is -4.31. The normalized spacial score (nSPS) is 10.1. The topological polar surface area (TPSA) is 74.6 Å². The van der Waals surface area contributed by atoms with Gasteiger partial charge in [-0.1, -0.05) is 52.0 Å². The van der Waals surface area contributed by atoms with Crippen molar-refractivity contribution in [1.82, 2.24) is 0 Å². The summed E-state index contributed by atoms with van der Waals surface area (Å²) in [4.78, 5) is -0.260. The second-order valence-electron chi connectivity index (χ2n) is 3.54. The molecule has 4 nitrogen and oxygen atoms in total. The lowest BCUT2D eigenvalue weighted by Gasteiger charge is -2.08. The van der Waals surface area contributed by atoms with Crippen molar-refractivity contribution in [3.63, 3.8) is 0 Å². The molecule has 0 fully saturated rings. The lowest BCUT2D eigenvalue weighted by molar-refractivity contribution is 0.466. The van der Waals surface area contributed by atoms with Crippen molar-refractivity contribution in [2.24, 2.45) is 0 Å². The van der Waals surface area contributed by atoms with Crippen LogP contribution in [0.3, 0.4) is 0 Å². The van der Waals surface area contributed by atoms with Crippen molar-refractivity contribution < 1.29 is 18.1 Å². The minimum atomic E-state index is -4.31. The third-order valence-electron chi connectivity index (χ3n) is 2.51. The van der Waals surface area contributed by atoms with Crippen molar-refractivity contribution >= 4 is 20.9 Å². The highest BCUT2D eigenvalue weighted by atomic mass is 32.2. The van der Waals surface area contributed by atoms with Gasteiger partial charge in [-0.15, -0.1) is 0 Å². The fourth-order valence-corrected chi connectivity index (χ4v) is 2.43. The summed E-state index contributed by atoms with van der Waals surface area (Å²) >= 11 is 0. The highest BCUT2D eigenvalue weighted by Gasteiger charge is 2.17. The van der Waals surface area contributed by atoms with Crippen LogP contribution in [0.4, 0.5) is 0 Å². The van der Waals surface area contributed by atoms with Crippen LogP contribution in [0.25, 0.3) is 10.8 Å².